The van der Waals surface area contributed by atoms with Gasteiger partial charge in [0.25, 0.3) is 5.91 Å². The smallest absolute Gasteiger partial charge is 0.254 e. The van der Waals surface area contributed by atoms with Gasteiger partial charge in [0, 0.05) is 17.5 Å². The van der Waals surface area contributed by atoms with E-state index in [1.165, 1.54) is 12.1 Å². The molecule has 4 nitrogen and oxygen atoms in total. The summed E-state index contributed by atoms with van der Waals surface area (Å²) in [5, 5.41) is 11.5. The minimum absolute atomic E-state index is 0.00723. The molecule has 0 spiro atoms. The van der Waals surface area contributed by atoms with Crippen LogP contribution in [0.2, 0.25) is 0 Å². The van der Waals surface area contributed by atoms with E-state index in [0.717, 1.165) is 4.88 Å². The molecule has 1 heterocycles. The number of nitrogen functional groups attached to an aromatic ring is 1. The molecule has 0 aliphatic rings. The number of carbonyl (C=O) groups is 1. The third-order valence-corrected chi connectivity index (χ3v) is 4.18. The average molecular weight is 276 g/mol. The Labute approximate surface area is 116 Å². The van der Waals surface area contributed by atoms with Crippen LogP contribution in [0.15, 0.2) is 35.7 Å². The molecule has 1 aromatic carbocycles. The molecule has 0 bridgehead atoms. The summed E-state index contributed by atoms with van der Waals surface area (Å²) in [6, 6.07) is 8.51. The number of anilines is 1. The highest BCUT2D eigenvalue weighted by Crippen LogP contribution is 2.26. The molecule has 0 aliphatic heterocycles. The summed E-state index contributed by atoms with van der Waals surface area (Å²) in [5.74, 6) is -0.209. The van der Waals surface area contributed by atoms with Gasteiger partial charge in [-0.1, -0.05) is 6.07 Å². The number of phenols is 1. The van der Waals surface area contributed by atoms with Crippen molar-refractivity contribution in [1.29, 1.82) is 0 Å². The Morgan fingerprint density at radius 3 is 2.74 bits per heavy atom. The van der Waals surface area contributed by atoms with Gasteiger partial charge in [0.1, 0.15) is 5.75 Å². The largest absolute Gasteiger partial charge is 0.506 e. The van der Waals surface area contributed by atoms with Crippen LogP contribution in [0.5, 0.6) is 5.75 Å². The van der Waals surface area contributed by atoms with E-state index in [4.69, 9.17) is 5.73 Å². The maximum absolute atomic E-state index is 12.3. The number of hydrogen-bond donors (Lipinski definition) is 2. The summed E-state index contributed by atoms with van der Waals surface area (Å²) in [6.45, 7) is 1.97. The molecule has 2 aromatic rings. The van der Waals surface area contributed by atoms with Crippen LogP contribution < -0.4 is 5.73 Å². The third kappa shape index (κ3) is 2.71. The van der Waals surface area contributed by atoms with Crippen LogP contribution in [0, 0.1) is 0 Å². The van der Waals surface area contributed by atoms with Gasteiger partial charge in [-0.2, -0.15) is 0 Å². The van der Waals surface area contributed by atoms with Gasteiger partial charge in [-0.3, -0.25) is 4.79 Å². The molecular weight excluding hydrogens is 260 g/mol. The summed E-state index contributed by atoms with van der Waals surface area (Å²) in [5.41, 5.74) is 6.23. The molecule has 0 saturated heterocycles. The fourth-order valence-corrected chi connectivity index (χ4v) is 2.60. The molecular formula is C14H16N2O2S. The fourth-order valence-electron chi connectivity index (χ4n) is 1.78. The summed E-state index contributed by atoms with van der Waals surface area (Å²) in [6.07, 6.45) is 0. The predicted molar refractivity (Wildman–Crippen MR) is 77.3 cm³/mol. The Hall–Kier alpha value is -2.01. The van der Waals surface area contributed by atoms with Gasteiger partial charge in [0.15, 0.2) is 0 Å². The van der Waals surface area contributed by atoms with Gasteiger partial charge in [-0.15, -0.1) is 11.3 Å². The zero-order valence-electron chi connectivity index (χ0n) is 10.8. The van der Waals surface area contributed by atoms with Crippen LogP contribution in [0.4, 0.5) is 5.69 Å². The molecule has 5 heteroatoms. The second-order valence-electron chi connectivity index (χ2n) is 4.38. The molecule has 1 amide bonds. The first-order valence-corrected chi connectivity index (χ1v) is 6.77. The van der Waals surface area contributed by atoms with E-state index in [-0.39, 0.29) is 23.4 Å². The van der Waals surface area contributed by atoms with Crippen molar-refractivity contribution in [1.82, 2.24) is 4.90 Å². The van der Waals surface area contributed by atoms with Gasteiger partial charge in [-0.05, 0) is 36.6 Å². The van der Waals surface area contributed by atoms with Crippen LogP contribution >= 0.6 is 11.3 Å². The van der Waals surface area contributed by atoms with Crippen LogP contribution in [-0.2, 0) is 0 Å². The molecule has 1 atom stereocenters. The van der Waals surface area contributed by atoms with Gasteiger partial charge >= 0.3 is 0 Å². The average Bonchev–Trinajstić information content (AvgIpc) is 2.93. The molecule has 1 unspecified atom stereocenters. The summed E-state index contributed by atoms with van der Waals surface area (Å²) in [4.78, 5) is 15.1. The number of aromatic hydroxyl groups is 1. The quantitative estimate of drug-likeness (QED) is 0.669. The molecule has 0 fully saturated rings. The normalized spacial score (nSPS) is 12.1. The minimum Gasteiger partial charge on any atom is -0.506 e. The lowest BCUT2D eigenvalue weighted by molar-refractivity contribution is 0.0744. The number of thiophene rings is 1. The number of rotatable bonds is 3. The van der Waals surface area contributed by atoms with Crippen molar-refractivity contribution in [3.05, 3.63) is 46.2 Å². The number of benzene rings is 1. The summed E-state index contributed by atoms with van der Waals surface area (Å²) >= 11 is 1.61. The standard InChI is InChI=1S/C14H16N2O2S/c1-9(13-4-3-7-19-13)16(2)14(18)10-5-6-11(15)12(17)8-10/h3-9,17H,15H2,1-2H3. The van der Waals surface area contributed by atoms with Gasteiger partial charge in [0.2, 0.25) is 0 Å². The van der Waals surface area contributed by atoms with Crippen molar-refractivity contribution >= 4 is 22.9 Å². The van der Waals surface area contributed by atoms with Crippen LogP contribution in [0.1, 0.15) is 28.2 Å². The monoisotopic (exact) mass is 276 g/mol. The lowest BCUT2D eigenvalue weighted by atomic mass is 10.1. The number of amides is 1. The molecule has 0 radical (unpaired) electrons. The number of phenolic OH excluding ortho intramolecular Hbond substituents is 1. The molecule has 0 saturated carbocycles. The van der Waals surface area contributed by atoms with E-state index in [2.05, 4.69) is 0 Å². The minimum atomic E-state index is -0.142. The molecule has 1 aromatic heterocycles. The maximum Gasteiger partial charge on any atom is 0.254 e. The summed E-state index contributed by atoms with van der Waals surface area (Å²) in [7, 11) is 1.75. The highest BCUT2D eigenvalue weighted by atomic mass is 32.1. The zero-order valence-corrected chi connectivity index (χ0v) is 11.6. The molecule has 3 N–H and O–H groups in total. The second-order valence-corrected chi connectivity index (χ2v) is 5.36. The van der Waals surface area contributed by atoms with Gasteiger partial charge in [0.05, 0.1) is 11.7 Å². The van der Waals surface area contributed by atoms with E-state index in [9.17, 15) is 9.90 Å². The fraction of sp³-hybridized carbons (Fsp3) is 0.214. The first kappa shape index (κ1) is 13.4. The van der Waals surface area contributed by atoms with Crippen molar-refractivity contribution in [2.24, 2.45) is 0 Å². The lowest BCUT2D eigenvalue weighted by Crippen LogP contribution is -2.29. The van der Waals surface area contributed by atoms with Crippen LogP contribution in [0.3, 0.4) is 0 Å². The van der Waals surface area contributed by atoms with E-state index < -0.39 is 0 Å². The Bertz CT molecular complexity index is 581. The zero-order chi connectivity index (χ0) is 14.0. The van der Waals surface area contributed by atoms with Crippen molar-refractivity contribution in [2.45, 2.75) is 13.0 Å². The Kier molecular flexibility index (Phi) is 3.76. The lowest BCUT2D eigenvalue weighted by Gasteiger charge is -2.24. The maximum atomic E-state index is 12.3. The first-order chi connectivity index (χ1) is 9.00. The number of nitrogens with zero attached hydrogens (tertiary/aromatic N) is 1. The van der Waals surface area contributed by atoms with E-state index in [0.29, 0.717) is 5.56 Å². The van der Waals surface area contributed by atoms with Gasteiger partial charge < -0.3 is 15.7 Å². The van der Waals surface area contributed by atoms with E-state index in [1.54, 1.807) is 29.4 Å². The van der Waals surface area contributed by atoms with Crippen molar-refractivity contribution in [3.8, 4) is 5.75 Å². The number of carbonyl (C=O) groups excluding carboxylic acids is 1. The third-order valence-electron chi connectivity index (χ3n) is 3.13. The Morgan fingerprint density at radius 2 is 2.16 bits per heavy atom. The Morgan fingerprint density at radius 1 is 1.42 bits per heavy atom. The summed E-state index contributed by atoms with van der Waals surface area (Å²) < 4.78 is 0. The van der Waals surface area contributed by atoms with Crippen molar-refractivity contribution in [3.63, 3.8) is 0 Å². The Balaban J connectivity index is 2.21. The van der Waals surface area contributed by atoms with E-state index in [1.807, 2.05) is 24.4 Å². The van der Waals surface area contributed by atoms with Crippen molar-refractivity contribution in [2.75, 3.05) is 12.8 Å². The molecule has 2 rings (SSSR count). The number of nitrogens with two attached hydrogens (primary N) is 1. The predicted octanol–water partition coefficient (Wildman–Crippen LogP) is 2.87. The molecule has 100 valence electrons. The molecule has 19 heavy (non-hydrogen) atoms. The highest BCUT2D eigenvalue weighted by Gasteiger charge is 2.20. The molecule has 0 aliphatic carbocycles. The van der Waals surface area contributed by atoms with Crippen LogP contribution in [0.25, 0.3) is 0 Å². The van der Waals surface area contributed by atoms with Crippen LogP contribution in [-0.4, -0.2) is 23.0 Å². The van der Waals surface area contributed by atoms with Crippen molar-refractivity contribution < 1.29 is 9.90 Å². The van der Waals surface area contributed by atoms with Gasteiger partial charge in [-0.25, -0.2) is 0 Å². The number of hydrogen-bond acceptors (Lipinski definition) is 4. The SMILES string of the molecule is CC(c1cccs1)N(C)C(=O)c1ccc(N)c(O)c1. The first-order valence-electron chi connectivity index (χ1n) is 5.89. The topological polar surface area (TPSA) is 66.6 Å². The second kappa shape index (κ2) is 5.32. The highest BCUT2D eigenvalue weighted by molar-refractivity contribution is 7.10. The van der Waals surface area contributed by atoms with E-state index >= 15 is 0 Å².